The average Bonchev–Trinajstić information content (AvgIpc) is 2.28. The van der Waals surface area contributed by atoms with Crippen molar-refractivity contribution in [1.82, 2.24) is 0 Å². The standard InChI is InChI=1S/C13H14O2/c1-15-13-4-2-3-11-6-5-10(7-8-14)9-12(11)13/h2-4,7-8H,5-6,9H2,1H3/b10-7+. The van der Waals surface area contributed by atoms with Crippen molar-refractivity contribution in [2.45, 2.75) is 19.3 Å². The maximum Gasteiger partial charge on any atom is 0.142 e. The quantitative estimate of drug-likeness (QED) is 0.543. The summed E-state index contributed by atoms with van der Waals surface area (Å²) in [7, 11) is 1.69. The van der Waals surface area contributed by atoms with Gasteiger partial charge in [0, 0.05) is 5.56 Å². The van der Waals surface area contributed by atoms with Gasteiger partial charge in [-0.25, -0.2) is 0 Å². The Hall–Kier alpha value is -1.57. The summed E-state index contributed by atoms with van der Waals surface area (Å²) in [6, 6.07) is 6.13. The molecule has 0 aliphatic heterocycles. The summed E-state index contributed by atoms with van der Waals surface area (Å²) in [5, 5.41) is 0. The highest BCUT2D eigenvalue weighted by atomic mass is 16.5. The molecule has 0 unspecified atom stereocenters. The molecule has 0 bridgehead atoms. The van der Waals surface area contributed by atoms with Crippen molar-refractivity contribution in [3.8, 4) is 5.75 Å². The Labute approximate surface area is 89.6 Å². The number of benzene rings is 1. The lowest BCUT2D eigenvalue weighted by atomic mass is 9.87. The third kappa shape index (κ3) is 1.94. The second-order valence-electron chi connectivity index (χ2n) is 3.74. The summed E-state index contributed by atoms with van der Waals surface area (Å²) in [4.78, 5) is 10.4. The summed E-state index contributed by atoms with van der Waals surface area (Å²) in [5.41, 5.74) is 3.78. The van der Waals surface area contributed by atoms with Gasteiger partial charge in [0.1, 0.15) is 12.0 Å². The molecule has 1 aliphatic carbocycles. The molecular formula is C13H14O2. The van der Waals surface area contributed by atoms with Crippen molar-refractivity contribution in [1.29, 1.82) is 0 Å². The van der Waals surface area contributed by atoms with Crippen molar-refractivity contribution in [2.75, 3.05) is 7.11 Å². The van der Waals surface area contributed by atoms with E-state index >= 15 is 0 Å². The average molecular weight is 202 g/mol. The molecule has 0 saturated heterocycles. The molecule has 1 aliphatic rings. The Morgan fingerprint density at radius 2 is 2.20 bits per heavy atom. The van der Waals surface area contributed by atoms with E-state index in [-0.39, 0.29) is 0 Å². The maximum atomic E-state index is 10.4. The first kappa shape index (κ1) is 9.97. The lowest BCUT2D eigenvalue weighted by molar-refractivity contribution is -0.104. The third-order valence-electron chi connectivity index (χ3n) is 2.87. The number of carbonyl (C=O) groups is 1. The molecule has 0 N–H and O–H groups in total. The lowest BCUT2D eigenvalue weighted by Gasteiger charge is -2.20. The number of rotatable bonds is 2. The highest BCUT2D eigenvalue weighted by Gasteiger charge is 2.16. The predicted molar refractivity (Wildman–Crippen MR) is 59.2 cm³/mol. The van der Waals surface area contributed by atoms with Crippen LogP contribution in [-0.2, 0) is 17.6 Å². The minimum atomic E-state index is 0.845. The van der Waals surface area contributed by atoms with Gasteiger partial charge in [0.25, 0.3) is 0 Å². The van der Waals surface area contributed by atoms with E-state index in [1.165, 1.54) is 16.7 Å². The minimum absolute atomic E-state index is 0.845. The Morgan fingerprint density at radius 3 is 2.93 bits per heavy atom. The van der Waals surface area contributed by atoms with Crippen LogP contribution >= 0.6 is 0 Å². The van der Waals surface area contributed by atoms with Crippen LogP contribution < -0.4 is 4.74 Å². The van der Waals surface area contributed by atoms with Crippen molar-refractivity contribution >= 4 is 6.29 Å². The number of methoxy groups -OCH3 is 1. The van der Waals surface area contributed by atoms with Gasteiger partial charge >= 0.3 is 0 Å². The summed E-state index contributed by atoms with van der Waals surface area (Å²) in [5.74, 6) is 0.934. The van der Waals surface area contributed by atoms with Gasteiger partial charge in [0.2, 0.25) is 0 Å². The SMILES string of the molecule is COc1cccc2c1C/C(=C/C=O)CC2. The topological polar surface area (TPSA) is 26.3 Å². The summed E-state index contributed by atoms with van der Waals surface area (Å²) in [6.07, 6.45) is 5.38. The molecule has 0 radical (unpaired) electrons. The molecule has 15 heavy (non-hydrogen) atoms. The zero-order valence-corrected chi connectivity index (χ0v) is 8.82. The molecule has 0 amide bonds. The second-order valence-corrected chi connectivity index (χ2v) is 3.74. The molecule has 2 nitrogen and oxygen atoms in total. The van der Waals surface area contributed by atoms with E-state index in [0.717, 1.165) is 31.3 Å². The molecule has 0 heterocycles. The maximum absolute atomic E-state index is 10.4. The molecule has 0 aromatic heterocycles. The van der Waals surface area contributed by atoms with Gasteiger partial charge in [0.05, 0.1) is 7.11 Å². The normalized spacial score (nSPS) is 17.3. The molecule has 0 saturated carbocycles. The number of allylic oxidation sites excluding steroid dienone is 2. The van der Waals surface area contributed by atoms with Gasteiger partial charge in [0.15, 0.2) is 0 Å². The van der Waals surface area contributed by atoms with Gasteiger partial charge in [-0.2, -0.15) is 0 Å². The Bertz CT molecular complexity index is 391. The van der Waals surface area contributed by atoms with Crippen LogP contribution in [0.25, 0.3) is 0 Å². The highest BCUT2D eigenvalue weighted by molar-refractivity contribution is 5.67. The molecule has 1 aromatic rings. The van der Waals surface area contributed by atoms with Crippen LogP contribution in [0.3, 0.4) is 0 Å². The van der Waals surface area contributed by atoms with E-state index in [4.69, 9.17) is 4.74 Å². The van der Waals surface area contributed by atoms with Crippen LogP contribution in [0.1, 0.15) is 17.5 Å². The van der Waals surface area contributed by atoms with E-state index < -0.39 is 0 Å². The predicted octanol–water partition coefficient (Wildman–Crippen LogP) is 2.31. The summed E-state index contributed by atoms with van der Waals surface area (Å²) < 4.78 is 5.32. The lowest BCUT2D eigenvalue weighted by Crippen LogP contribution is -2.07. The largest absolute Gasteiger partial charge is 0.496 e. The smallest absolute Gasteiger partial charge is 0.142 e. The number of fused-ring (bicyclic) bond motifs is 1. The van der Waals surface area contributed by atoms with Crippen LogP contribution in [0, 0.1) is 0 Å². The van der Waals surface area contributed by atoms with E-state index in [0.29, 0.717) is 0 Å². The van der Waals surface area contributed by atoms with Crippen LogP contribution in [-0.4, -0.2) is 13.4 Å². The van der Waals surface area contributed by atoms with Gasteiger partial charge in [-0.15, -0.1) is 0 Å². The number of ether oxygens (including phenoxy) is 1. The fraction of sp³-hybridized carbons (Fsp3) is 0.308. The molecule has 78 valence electrons. The van der Waals surface area contributed by atoms with Gasteiger partial charge in [-0.05, 0) is 37.0 Å². The summed E-state index contributed by atoms with van der Waals surface area (Å²) >= 11 is 0. The van der Waals surface area contributed by atoms with Crippen molar-refractivity contribution in [3.05, 3.63) is 41.0 Å². The molecule has 0 spiro atoms. The zero-order chi connectivity index (χ0) is 10.7. The zero-order valence-electron chi connectivity index (χ0n) is 8.82. The molecule has 2 heteroatoms. The fourth-order valence-electron chi connectivity index (χ4n) is 2.09. The Kier molecular flexibility index (Phi) is 2.86. The molecule has 0 atom stereocenters. The van der Waals surface area contributed by atoms with Crippen molar-refractivity contribution < 1.29 is 9.53 Å². The molecule has 1 aromatic carbocycles. The molecule has 0 fully saturated rings. The number of aryl methyl sites for hydroxylation is 1. The molecule has 2 rings (SSSR count). The van der Waals surface area contributed by atoms with E-state index in [2.05, 4.69) is 6.07 Å². The number of aldehydes is 1. The van der Waals surface area contributed by atoms with Crippen molar-refractivity contribution in [2.24, 2.45) is 0 Å². The van der Waals surface area contributed by atoms with E-state index in [1.54, 1.807) is 13.2 Å². The monoisotopic (exact) mass is 202 g/mol. The Morgan fingerprint density at radius 1 is 1.33 bits per heavy atom. The first-order chi connectivity index (χ1) is 7.35. The Balaban J connectivity index is 2.38. The highest BCUT2D eigenvalue weighted by Crippen LogP contribution is 2.31. The van der Waals surface area contributed by atoms with E-state index in [9.17, 15) is 4.79 Å². The van der Waals surface area contributed by atoms with Crippen LogP contribution in [0.2, 0.25) is 0 Å². The van der Waals surface area contributed by atoms with Crippen molar-refractivity contribution in [3.63, 3.8) is 0 Å². The number of hydrogen-bond acceptors (Lipinski definition) is 2. The number of hydrogen-bond donors (Lipinski definition) is 0. The van der Waals surface area contributed by atoms with Gasteiger partial charge in [-0.1, -0.05) is 17.7 Å². The first-order valence-corrected chi connectivity index (χ1v) is 5.13. The van der Waals surface area contributed by atoms with Gasteiger partial charge < -0.3 is 4.74 Å². The summed E-state index contributed by atoms with van der Waals surface area (Å²) in [6.45, 7) is 0. The first-order valence-electron chi connectivity index (χ1n) is 5.13. The van der Waals surface area contributed by atoms with Gasteiger partial charge in [-0.3, -0.25) is 4.79 Å². The number of carbonyl (C=O) groups excluding carboxylic acids is 1. The minimum Gasteiger partial charge on any atom is -0.496 e. The second kappa shape index (κ2) is 4.30. The van der Waals surface area contributed by atoms with E-state index in [1.807, 2.05) is 12.1 Å². The molecular weight excluding hydrogens is 188 g/mol. The fourth-order valence-corrected chi connectivity index (χ4v) is 2.09. The van der Waals surface area contributed by atoms with Crippen LogP contribution in [0.4, 0.5) is 0 Å². The third-order valence-corrected chi connectivity index (χ3v) is 2.87. The van der Waals surface area contributed by atoms with Crippen LogP contribution in [0.15, 0.2) is 29.8 Å². The van der Waals surface area contributed by atoms with Crippen LogP contribution in [0.5, 0.6) is 5.75 Å².